The molecule has 2 rings (SSSR count). The third-order valence-electron chi connectivity index (χ3n) is 3.97. The second-order valence-electron chi connectivity index (χ2n) is 5.21. The van der Waals surface area contributed by atoms with Crippen molar-refractivity contribution in [1.29, 1.82) is 0 Å². The molecule has 2 unspecified atom stereocenters. The number of ether oxygens (including phenoxy) is 1. The summed E-state index contributed by atoms with van der Waals surface area (Å²) in [5.74, 6) is -0.0489. The van der Waals surface area contributed by atoms with Crippen molar-refractivity contribution in [2.75, 3.05) is 5.73 Å². The van der Waals surface area contributed by atoms with Crippen LogP contribution in [0.15, 0.2) is 12.1 Å². The minimum Gasteiger partial charge on any atom is -0.458 e. The summed E-state index contributed by atoms with van der Waals surface area (Å²) in [5, 5.41) is 0.595. The van der Waals surface area contributed by atoms with Crippen LogP contribution in [0.5, 0.6) is 0 Å². The number of nitrogen functional groups attached to an aromatic ring is 1. The predicted octanol–water partition coefficient (Wildman–Crippen LogP) is 4.70. The first-order valence-electron chi connectivity index (χ1n) is 6.99. The van der Waals surface area contributed by atoms with Gasteiger partial charge in [0.05, 0.1) is 15.7 Å². The number of hydrogen-bond acceptors (Lipinski definition) is 3. The van der Waals surface area contributed by atoms with E-state index in [1.54, 1.807) is 12.1 Å². The monoisotopic (exact) mass is 315 g/mol. The number of carbonyl (C=O) groups excluding carboxylic acids is 1. The number of hydrogen-bond donors (Lipinski definition) is 1. The molecule has 20 heavy (non-hydrogen) atoms. The van der Waals surface area contributed by atoms with E-state index < -0.39 is 5.97 Å². The fourth-order valence-corrected chi connectivity index (χ4v) is 3.17. The molecule has 1 fully saturated rings. The van der Waals surface area contributed by atoms with E-state index in [-0.39, 0.29) is 22.4 Å². The van der Waals surface area contributed by atoms with Crippen molar-refractivity contribution in [2.45, 2.75) is 45.1 Å². The molecule has 1 saturated carbocycles. The van der Waals surface area contributed by atoms with Crippen LogP contribution in [0.1, 0.15) is 49.4 Å². The molecule has 110 valence electrons. The number of nitrogens with two attached hydrogens (primary N) is 1. The third kappa shape index (κ3) is 3.21. The third-order valence-corrected chi connectivity index (χ3v) is 4.61. The second-order valence-corrected chi connectivity index (χ2v) is 6.03. The van der Waals surface area contributed by atoms with Crippen LogP contribution < -0.4 is 5.73 Å². The van der Waals surface area contributed by atoms with E-state index in [9.17, 15) is 4.79 Å². The normalized spacial score (nSPS) is 22.6. The second kappa shape index (κ2) is 6.68. The molecule has 0 saturated heterocycles. The zero-order chi connectivity index (χ0) is 14.7. The first-order valence-corrected chi connectivity index (χ1v) is 7.74. The zero-order valence-corrected chi connectivity index (χ0v) is 13.0. The number of esters is 1. The molecule has 0 amide bonds. The van der Waals surface area contributed by atoms with E-state index in [1.807, 2.05) is 0 Å². The minimum atomic E-state index is -0.472. The smallest absolute Gasteiger partial charge is 0.342 e. The Bertz CT molecular complexity index is 505. The van der Waals surface area contributed by atoms with Gasteiger partial charge < -0.3 is 10.5 Å². The topological polar surface area (TPSA) is 52.3 Å². The van der Waals surface area contributed by atoms with Crippen LogP contribution >= 0.6 is 23.2 Å². The quantitative estimate of drug-likeness (QED) is 0.649. The van der Waals surface area contributed by atoms with Gasteiger partial charge in [-0.25, -0.2) is 4.79 Å². The summed E-state index contributed by atoms with van der Waals surface area (Å²) in [6, 6.07) is 3.14. The van der Waals surface area contributed by atoms with Gasteiger partial charge in [-0.15, -0.1) is 0 Å². The minimum absolute atomic E-state index is 0.0456. The lowest BCUT2D eigenvalue weighted by Gasteiger charge is -2.30. The fraction of sp³-hybridized carbons (Fsp3) is 0.533. The van der Waals surface area contributed by atoms with Gasteiger partial charge in [0.2, 0.25) is 0 Å². The Morgan fingerprint density at radius 3 is 2.65 bits per heavy atom. The zero-order valence-electron chi connectivity index (χ0n) is 11.5. The molecule has 0 aromatic heterocycles. The molecule has 0 aliphatic heterocycles. The van der Waals surface area contributed by atoms with Crippen molar-refractivity contribution < 1.29 is 9.53 Å². The van der Waals surface area contributed by atoms with E-state index in [0.717, 1.165) is 25.7 Å². The summed E-state index contributed by atoms with van der Waals surface area (Å²) < 4.78 is 5.64. The molecule has 1 aromatic carbocycles. The molecule has 0 heterocycles. The van der Waals surface area contributed by atoms with Crippen molar-refractivity contribution in [1.82, 2.24) is 0 Å². The van der Waals surface area contributed by atoms with E-state index in [4.69, 9.17) is 33.7 Å². The Labute approximate surface area is 129 Å². The summed E-state index contributed by atoms with van der Waals surface area (Å²) in [5.41, 5.74) is 6.21. The fourth-order valence-electron chi connectivity index (χ4n) is 2.77. The highest BCUT2D eigenvalue weighted by Crippen LogP contribution is 2.33. The SMILES string of the molecule is CCC1CCCCC1OC(=O)c1c(Cl)ccc(Cl)c1N. The largest absolute Gasteiger partial charge is 0.458 e. The van der Waals surface area contributed by atoms with Crippen molar-refractivity contribution in [3.63, 3.8) is 0 Å². The van der Waals surface area contributed by atoms with Gasteiger partial charge in [0.15, 0.2) is 0 Å². The van der Waals surface area contributed by atoms with Gasteiger partial charge in [-0.1, -0.05) is 36.5 Å². The first kappa shape index (κ1) is 15.5. The highest BCUT2D eigenvalue weighted by molar-refractivity contribution is 6.38. The van der Waals surface area contributed by atoms with Crippen molar-refractivity contribution in [3.8, 4) is 0 Å². The molecule has 1 aliphatic carbocycles. The maximum absolute atomic E-state index is 12.3. The van der Waals surface area contributed by atoms with Crippen molar-refractivity contribution in [2.24, 2.45) is 5.92 Å². The summed E-state index contributed by atoms with van der Waals surface area (Å²) in [6.07, 6.45) is 5.27. The molecule has 1 aliphatic rings. The molecule has 1 aromatic rings. The van der Waals surface area contributed by atoms with Gasteiger partial charge in [0.25, 0.3) is 0 Å². The van der Waals surface area contributed by atoms with Gasteiger partial charge in [-0.05, 0) is 43.7 Å². The predicted molar refractivity (Wildman–Crippen MR) is 82.3 cm³/mol. The number of halogens is 2. The van der Waals surface area contributed by atoms with Gasteiger partial charge >= 0.3 is 5.97 Å². The lowest BCUT2D eigenvalue weighted by molar-refractivity contribution is 0.000840. The maximum Gasteiger partial charge on any atom is 0.342 e. The van der Waals surface area contributed by atoms with Crippen LogP contribution in [-0.2, 0) is 4.74 Å². The molecule has 2 N–H and O–H groups in total. The van der Waals surface area contributed by atoms with E-state index >= 15 is 0 Å². The van der Waals surface area contributed by atoms with Crippen molar-refractivity contribution >= 4 is 34.9 Å². The standard InChI is InChI=1S/C15H19Cl2NO2/c1-2-9-5-3-4-6-12(9)20-15(19)13-10(16)7-8-11(17)14(13)18/h7-9,12H,2-6,18H2,1H3. The molecule has 0 radical (unpaired) electrons. The summed E-state index contributed by atoms with van der Waals surface area (Å²) in [7, 11) is 0. The van der Waals surface area contributed by atoms with Crippen LogP contribution in [0.25, 0.3) is 0 Å². The Morgan fingerprint density at radius 1 is 1.30 bits per heavy atom. The summed E-state index contributed by atoms with van der Waals surface area (Å²) in [4.78, 5) is 12.3. The molecule has 0 bridgehead atoms. The van der Waals surface area contributed by atoms with Crippen LogP contribution in [0, 0.1) is 5.92 Å². The number of rotatable bonds is 3. The van der Waals surface area contributed by atoms with E-state index in [0.29, 0.717) is 10.9 Å². The Kier molecular flexibility index (Phi) is 5.17. The van der Waals surface area contributed by atoms with Crippen molar-refractivity contribution in [3.05, 3.63) is 27.7 Å². The van der Waals surface area contributed by atoms with Gasteiger partial charge in [0, 0.05) is 0 Å². The Morgan fingerprint density at radius 2 is 1.95 bits per heavy atom. The number of benzene rings is 1. The van der Waals surface area contributed by atoms with Gasteiger partial charge in [-0.2, -0.15) is 0 Å². The van der Waals surface area contributed by atoms with Crippen LogP contribution in [0.3, 0.4) is 0 Å². The molecular weight excluding hydrogens is 297 g/mol. The molecule has 5 heteroatoms. The van der Waals surface area contributed by atoms with Crippen LogP contribution in [-0.4, -0.2) is 12.1 Å². The summed E-state index contributed by atoms with van der Waals surface area (Å²) >= 11 is 12.0. The summed E-state index contributed by atoms with van der Waals surface area (Å²) in [6.45, 7) is 2.12. The van der Waals surface area contributed by atoms with Gasteiger partial charge in [0.1, 0.15) is 11.7 Å². The molecule has 0 spiro atoms. The highest BCUT2D eigenvalue weighted by Gasteiger charge is 2.29. The van der Waals surface area contributed by atoms with E-state index in [2.05, 4.69) is 6.92 Å². The first-order chi connectivity index (χ1) is 9.54. The number of carbonyl (C=O) groups is 1. The molecule has 3 nitrogen and oxygen atoms in total. The maximum atomic E-state index is 12.3. The van der Waals surface area contributed by atoms with Crippen LogP contribution in [0.2, 0.25) is 10.0 Å². The Balaban J connectivity index is 2.18. The molecule has 2 atom stereocenters. The van der Waals surface area contributed by atoms with E-state index in [1.165, 1.54) is 6.42 Å². The highest BCUT2D eigenvalue weighted by atomic mass is 35.5. The van der Waals surface area contributed by atoms with Gasteiger partial charge in [-0.3, -0.25) is 0 Å². The average molecular weight is 316 g/mol. The molecular formula is C15H19Cl2NO2. The van der Waals surface area contributed by atoms with Crippen LogP contribution in [0.4, 0.5) is 5.69 Å². The lowest BCUT2D eigenvalue weighted by Crippen LogP contribution is -2.30. The number of anilines is 1. The lowest BCUT2D eigenvalue weighted by atomic mass is 9.85. The average Bonchev–Trinajstić information content (AvgIpc) is 2.44. The Hall–Kier alpha value is -0.930.